The number of nitrogens with one attached hydrogen (secondary N) is 1. The number of likely N-dealkylation sites (N-methyl/N-ethyl adjacent to an activating group) is 1. The van der Waals surface area contributed by atoms with Crippen LogP contribution in [-0.2, 0) is 4.74 Å². The van der Waals surface area contributed by atoms with Gasteiger partial charge in [-0.15, -0.1) is 0 Å². The maximum atomic E-state index is 14.0. The minimum atomic E-state index is -0.487. The highest BCUT2D eigenvalue weighted by Gasteiger charge is 2.32. The fourth-order valence-electron chi connectivity index (χ4n) is 2.13. The molecule has 0 spiro atoms. The van der Waals surface area contributed by atoms with E-state index in [1.54, 1.807) is 12.1 Å². The van der Waals surface area contributed by atoms with Crippen LogP contribution in [0.15, 0.2) is 18.2 Å². The van der Waals surface area contributed by atoms with Gasteiger partial charge in [-0.25, -0.2) is 4.39 Å². The fourth-order valence-corrected chi connectivity index (χ4v) is 2.28. The van der Waals surface area contributed by atoms with E-state index in [0.717, 1.165) is 6.54 Å². The Hall–Kier alpha value is -0.640. The average Bonchev–Trinajstić information content (AvgIpc) is 2.26. The van der Waals surface area contributed by atoms with Gasteiger partial charge < -0.3 is 10.1 Å². The van der Waals surface area contributed by atoms with Crippen molar-refractivity contribution in [2.45, 2.75) is 39.3 Å². The Balaban J connectivity index is 3.11. The molecule has 0 aliphatic heterocycles. The predicted octanol–water partition coefficient (Wildman–Crippen LogP) is 3.94. The molecule has 0 aliphatic rings. The SMILES string of the molecule is CCNC(c1ccc(Cl)cc1F)C(C)(C)OCC. The molecule has 4 heteroatoms. The van der Waals surface area contributed by atoms with Crippen LogP contribution in [0.5, 0.6) is 0 Å². The molecule has 2 nitrogen and oxygen atoms in total. The Morgan fingerprint density at radius 1 is 1.39 bits per heavy atom. The van der Waals surface area contributed by atoms with Gasteiger partial charge in [0.2, 0.25) is 0 Å². The molecule has 0 aromatic heterocycles. The maximum absolute atomic E-state index is 14.0. The van der Waals surface area contributed by atoms with Crippen LogP contribution in [0.4, 0.5) is 4.39 Å². The van der Waals surface area contributed by atoms with Gasteiger partial charge in [0, 0.05) is 17.2 Å². The summed E-state index contributed by atoms with van der Waals surface area (Å²) in [5, 5.41) is 3.68. The van der Waals surface area contributed by atoms with Crippen LogP contribution in [0.3, 0.4) is 0 Å². The molecule has 0 fully saturated rings. The van der Waals surface area contributed by atoms with E-state index in [0.29, 0.717) is 17.2 Å². The van der Waals surface area contributed by atoms with Crippen LogP contribution in [0.1, 0.15) is 39.3 Å². The summed E-state index contributed by atoms with van der Waals surface area (Å²) in [7, 11) is 0. The molecule has 0 aliphatic carbocycles. The fraction of sp³-hybridized carbons (Fsp3) is 0.571. The van der Waals surface area contributed by atoms with Gasteiger partial charge in [-0.1, -0.05) is 24.6 Å². The summed E-state index contributed by atoms with van der Waals surface area (Å²) in [4.78, 5) is 0. The number of rotatable bonds is 6. The largest absolute Gasteiger partial charge is 0.374 e. The van der Waals surface area contributed by atoms with E-state index in [-0.39, 0.29) is 11.9 Å². The van der Waals surface area contributed by atoms with E-state index in [2.05, 4.69) is 5.32 Å². The van der Waals surface area contributed by atoms with Gasteiger partial charge in [0.1, 0.15) is 5.82 Å². The van der Waals surface area contributed by atoms with Crippen LogP contribution < -0.4 is 5.32 Å². The Morgan fingerprint density at radius 2 is 2.06 bits per heavy atom. The first-order chi connectivity index (χ1) is 8.42. The van der Waals surface area contributed by atoms with E-state index < -0.39 is 5.60 Å². The second-order valence-corrected chi connectivity index (χ2v) is 5.13. The van der Waals surface area contributed by atoms with E-state index in [4.69, 9.17) is 16.3 Å². The van der Waals surface area contributed by atoms with Crippen LogP contribution in [0.2, 0.25) is 5.02 Å². The predicted molar refractivity (Wildman–Crippen MR) is 73.5 cm³/mol. The summed E-state index contributed by atoms with van der Waals surface area (Å²) in [5.74, 6) is -0.304. The van der Waals surface area contributed by atoms with Crippen molar-refractivity contribution in [2.75, 3.05) is 13.2 Å². The number of benzene rings is 1. The van der Waals surface area contributed by atoms with Gasteiger partial charge in [0.15, 0.2) is 0 Å². The summed E-state index contributed by atoms with van der Waals surface area (Å²) < 4.78 is 19.7. The zero-order chi connectivity index (χ0) is 13.8. The third-order valence-corrected chi connectivity index (χ3v) is 3.13. The molecule has 0 saturated heterocycles. The smallest absolute Gasteiger partial charge is 0.129 e. The highest BCUT2D eigenvalue weighted by atomic mass is 35.5. The second-order valence-electron chi connectivity index (χ2n) is 4.69. The standard InChI is InChI=1S/C14H21ClFNO/c1-5-17-13(14(3,4)18-6-2)11-8-7-10(15)9-12(11)16/h7-9,13,17H,5-6H2,1-4H3. The van der Waals surface area contributed by atoms with Crippen molar-refractivity contribution in [2.24, 2.45) is 0 Å². The highest BCUT2D eigenvalue weighted by Crippen LogP contribution is 2.31. The van der Waals surface area contributed by atoms with E-state index in [9.17, 15) is 4.39 Å². The molecule has 0 radical (unpaired) electrons. The van der Waals surface area contributed by atoms with Crippen molar-refractivity contribution in [3.05, 3.63) is 34.6 Å². The molecule has 0 saturated carbocycles. The molecule has 0 amide bonds. The molecule has 18 heavy (non-hydrogen) atoms. The zero-order valence-corrected chi connectivity index (χ0v) is 12.1. The molecule has 1 rings (SSSR count). The quantitative estimate of drug-likeness (QED) is 0.847. The van der Waals surface area contributed by atoms with Gasteiger partial charge in [0.05, 0.1) is 11.6 Å². The van der Waals surface area contributed by atoms with Crippen molar-refractivity contribution in [3.63, 3.8) is 0 Å². The molecule has 1 atom stereocenters. The normalized spacial score (nSPS) is 13.7. The van der Waals surface area contributed by atoms with Crippen molar-refractivity contribution in [1.29, 1.82) is 0 Å². The lowest BCUT2D eigenvalue weighted by molar-refractivity contribution is -0.0396. The van der Waals surface area contributed by atoms with E-state index >= 15 is 0 Å². The van der Waals surface area contributed by atoms with Crippen LogP contribution in [-0.4, -0.2) is 18.8 Å². The first-order valence-corrected chi connectivity index (χ1v) is 6.62. The zero-order valence-electron chi connectivity index (χ0n) is 11.4. The Morgan fingerprint density at radius 3 is 2.56 bits per heavy atom. The Labute approximate surface area is 113 Å². The van der Waals surface area contributed by atoms with Gasteiger partial charge in [0.25, 0.3) is 0 Å². The minimum Gasteiger partial charge on any atom is -0.374 e. The number of ether oxygens (including phenoxy) is 1. The van der Waals surface area contributed by atoms with Gasteiger partial charge in [-0.05, 0) is 39.4 Å². The first kappa shape index (κ1) is 15.4. The maximum Gasteiger partial charge on any atom is 0.129 e. The Bertz CT molecular complexity index is 395. The highest BCUT2D eigenvalue weighted by molar-refractivity contribution is 6.30. The van der Waals surface area contributed by atoms with Crippen molar-refractivity contribution < 1.29 is 9.13 Å². The van der Waals surface area contributed by atoms with Gasteiger partial charge in [-0.3, -0.25) is 0 Å². The van der Waals surface area contributed by atoms with Crippen molar-refractivity contribution in [1.82, 2.24) is 5.32 Å². The lowest BCUT2D eigenvalue weighted by Gasteiger charge is -2.35. The average molecular weight is 274 g/mol. The molecule has 102 valence electrons. The summed E-state index contributed by atoms with van der Waals surface area (Å²) in [5.41, 5.74) is 0.0964. The summed E-state index contributed by atoms with van der Waals surface area (Å²) in [6.45, 7) is 9.16. The van der Waals surface area contributed by atoms with Crippen molar-refractivity contribution in [3.8, 4) is 0 Å². The summed E-state index contributed by atoms with van der Waals surface area (Å²) >= 11 is 5.78. The molecular weight excluding hydrogens is 253 g/mol. The summed E-state index contributed by atoms with van der Waals surface area (Å²) in [6.07, 6.45) is 0. The van der Waals surface area contributed by atoms with Gasteiger partial charge >= 0.3 is 0 Å². The molecule has 1 unspecified atom stereocenters. The van der Waals surface area contributed by atoms with Crippen LogP contribution in [0.25, 0.3) is 0 Å². The van der Waals surface area contributed by atoms with Crippen LogP contribution in [0, 0.1) is 5.82 Å². The lowest BCUT2D eigenvalue weighted by Crippen LogP contribution is -2.42. The molecule has 0 bridgehead atoms. The van der Waals surface area contributed by atoms with E-state index in [1.807, 2.05) is 27.7 Å². The monoisotopic (exact) mass is 273 g/mol. The van der Waals surface area contributed by atoms with Crippen molar-refractivity contribution >= 4 is 11.6 Å². The molecule has 1 aromatic carbocycles. The third kappa shape index (κ3) is 3.67. The number of hydrogen-bond acceptors (Lipinski definition) is 2. The van der Waals surface area contributed by atoms with E-state index in [1.165, 1.54) is 6.07 Å². The van der Waals surface area contributed by atoms with Gasteiger partial charge in [-0.2, -0.15) is 0 Å². The minimum absolute atomic E-state index is 0.209. The molecule has 0 heterocycles. The summed E-state index contributed by atoms with van der Waals surface area (Å²) in [6, 6.07) is 4.54. The molecule has 1 N–H and O–H groups in total. The van der Waals surface area contributed by atoms with Crippen LogP contribution >= 0.6 is 11.6 Å². The Kier molecular flexibility index (Phi) is 5.57. The topological polar surface area (TPSA) is 21.3 Å². The lowest BCUT2D eigenvalue weighted by atomic mass is 9.91. The molecule has 1 aromatic rings. The first-order valence-electron chi connectivity index (χ1n) is 6.24. The second kappa shape index (κ2) is 6.50. The third-order valence-electron chi connectivity index (χ3n) is 2.89. The molecular formula is C14H21ClFNO. The number of halogens is 2. The number of hydrogen-bond donors (Lipinski definition) is 1.